The second-order valence-electron chi connectivity index (χ2n) is 5.18. The lowest BCUT2D eigenvalue weighted by molar-refractivity contribution is 0.0947. The summed E-state index contributed by atoms with van der Waals surface area (Å²) in [6.45, 7) is 2.22. The van der Waals surface area contributed by atoms with Gasteiger partial charge in [-0.05, 0) is 18.8 Å². The summed E-state index contributed by atoms with van der Waals surface area (Å²) in [5.41, 5.74) is 0.433. The fourth-order valence-corrected chi connectivity index (χ4v) is 2.50. The normalized spacial score (nSPS) is 17.1. The maximum Gasteiger partial charge on any atom is 0.255 e. The lowest BCUT2D eigenvalue weighted by Gasteiger charge is -2.14. The molecule has 0 bridgehead atoms. The van der Waals surface area contributed by atoms with Gasteiger partial charge in [0.1, 0.15) is 5.75 Å². The highest BCUT2D eigenvalue weighted by atomic mass is 16.5. The minimum atomic E-state index is -0.184. The number of carbonyl (C=O) groups is 1. The van der Waals surface area contributed by atoms with Crippen molar-refractivity contribution in [2.75, 3.05) is 41.1 Å². The van der Waals surface area contributed by atoms with E-state index in [-0.39, 0.29) is 5.91 Å². The summed E-state index contributed by atoms with van der Waals surface area (Å²) in [5, 5.41) is 2.92. The molecule has 1 atom stereocenters. The van der Waals surface area contributed by atoms with Crippen LogP contribution in [0.15, 0.2) is 12.1 Å². The molecule has 1 saturated heterocycles. The first-order valence-electron chi connectivity index (χ1n) is 7.35. The number of hydrogen-bond acceptors (Lipinski definition) is 5. The Hall–Kier alpha value is -1.95. The van der Waals surface area contributed by atoms with Crippen LogP contribution in [0.3, 0.4) is 0 Å². The van der Waals surface area contributed by atoms with E-state index in [1.165, 1.54) is 14.2 Å². The largest absolute Gasteiger partial charge is 0.496 e. The summed E-state index contributed by atoms with van der Waals surface area (Å²) in [6.07, 6.45) is 1.98. The van der Waals surface area contributed by atoms with Gasteiger partial charge in [0, 0.05) is 31.9 Å². The Bertz CT molecular complexity index is 512. The van der Waals surface area contributed by atoms with Gasteiger partial charge in [0.15, 0.2) is 11.5 Å². The zero-order valence-electron chi connectivity index (χ0n) is 13.3. The van der Waals surface area contributed by atoms with Crippen LogP contribution in [-0.4, -0.2) is 47.0 Å². The van der Waals surface area contributed by atoms with E-state index in [0.717, 1.165) is 26.1 Å². The molecular formula is C16H23NO5. The van der Waals surface area contributed by atoms with E-state index in [1.807, 2.05) is 0 Å². The molecule has 0 aromatic heterocycles. The van der Waals surface area contributed by atoms with Gasteiger partial charge in [0.25, 0.3) is 5.91 Å². The highest BCUT2D eigenvalue weighted by Crippen LogP contribution is 2.34. The molecule has 1 aliphatic heterocycles. The van der Waals surface area contributed by atoms with Crippen molar-refractivity contribution < 1.29 is 23.7 Å². The van der Waals surface area contributed by atoms with Crippen LogP contribution >= 0.6 is 0 Å². The second-order valence-corrected chi connectivity index (χ2v) is 5.18. The van der Waals surface area contributed by atoms with E-state index in [2.05, 4.69) is 5.32 Å². The maximum absolute atomic E-state index is 12.3. The molecule has 22 heavy (non-hydrogen) atoms. The van der Waals surface area contributed by atoms with Gasteiger partial charge in [-0.15, -0.1) is 0 Å². The third-order valence-electron chi connectivity index (χ3n) is 3.81. The van der Waals surface area contributed by atoms with Crippen molar-refractivity contribution in [3.63, 3.8) is 0 Å². The molecule has 6 heteroatoms. The predicted molar refractivity (Wildman–Crippen MR) is 82.0 cm³/mol. The van der Waals surface area contributed by atoms with Crippen LogP contribution in [0.1, 0.15) is 23.2 Å². The van der Waals surface area contributed by atoms with Gasteiger partial charge >= 0.3 is 0 Å². The molecule has 1 N–H and O–H groups in total. The average molecular weight is 309 g/mol. The van der Waals surface area contributed by atoms with Crippen molar-refractivity contribution >= 4 is 5.91 Å². The molecule has 0 spiro atoms. The monoisotopic (exact) mass is 309 g/mol. The number of nitrogens with one attached hydrogen (secondary N) is 1. The fraction of sp³-hybridized carbons (Fsp3) is 0.562. The summed E-state index contributed by atoms with van der Waals surface area (Å²) in [7, 11) is 4.60. The van der Waals surface area contributed by atoms with Gasteiger partial charge in [-0.3, -0.25) is 4.79 Å². The summed E-state index contributed by atoms with van der Waals surface area (Å²) in [5.74, 6) is 1.83. The van der Waals surface area contributed by atoms with Crippen LogP contribution in [0.2, 0.25) is 0 Å². The third kappa shape index (κ3) is 3.82. The van der Waals surface area contributed by atoms with Gasteiger partial charge in [-0.25, -0.2) is 0 Å². The maximum atomic E-state index is 12.3. The molecule has 122 valence electrons. The fourth-order valence-electron chi connectivity index (χ4n) is 2.50. The lowest BCUT2D eigenvalue weighted by Crippen LogP contribution is -2.26. The van der Waals surface area contributed by atoms with Gasteiger partial charge < -0.3 is 24.3 Å². The molecule has 1 heterocycles. The second kappa shape index (κ2) is 7.89. The summed E-state index contributed by atoms with van der Waals surface area (Å²) in [4.78, 5) is 12.3. The number of methoxy groups -OCH3 is 3. The Morgan fingerprint density at radius 1 is 1.18 bits per heavy atom. The SMILES string of the molecule is COc1cc(OC)c(C(=O)NCC[C@H]2CCOC2)cc1OC. The first-order chi connectivity index (χ1) is 10.7. The Morgan fingerprint density at radius 3 is 2.45 bits per heavy atom. The lowest BCUT2D eigenvalue weighted by atomic mass is 10.1. The molecule has 6 nitrogen and oxygen atoms in total. The molecule has 1 aromatic carbocycles. The van der Waals surface area contributed by atoms with Crippen molar-refractivity contribution in [1.82, 2.24) is 5.32 Å². The van der Waals surface area contributed by atoms with Crippen LogP contribution < -0.4 is 19.5 Å². The van der Waals surface area contributed by atoms with Crippen LogP contribution in [0.4, 0.5) is 0 Å². The highest BCUT2D eigenvalue weighted by molar-refractivity contribution is 5.97. The van der Waals surface area contributed by atoms with E-state index >= 15 is 0 Å². The minimum absolute atomic E-state index is 0.184. The van der Waals surface area contributed by atoms with E-state index < -0.39 is 0 Å². The number of ether oxygens (including phenoxy) is 4. The average Bonchev–Trinajstić information content (AvgIpc) is 3.06. The highest BCUT2D eigenvalue weighted by Gasteiger charge is 2.19. The third-order valence-corrected chi connectivity index (χ3v) is 3.81. The molecule has 0 unspecified atom stereocenters. The van der Waals surface area contributed by atoms with Crippen molar-refractivity contribution in [2.45, 2.75) is 12.8 Å². The van der Waals surface area contributed by atoms with Crippen LogP contribution in [0, 0.1) is 5.92 Å². The zero-order valence-corrected chi connectivity index (χ0v) is 13.3. The number of carbonyl (C=O) groups excluding carboxylic acids is 1. The Labute approximate surface area is 130 Å². The van der Waals surface area contributed by atoms with E-state index in [9.17, 15) is 4.79 Å². The minimum Gasteiger partial charge on any atom is -0.496 e. The van der Waals surface area contributed by atoms with E-state index in [0.29, 0.717) is 35.3 Å². The van der Waals surface area contributed by atoms with Gasteiger partial charge in [0.2, 0.25) is 0 Å². The quantitative estimate of drug-likeness (QED) is 0.833. The van der Waals surface area contributed by atoms with Crippen molar-refractivity contribution in [1.29, 1.82) is 0 Å². The van der Waals surface area contributed by atoms with Gasteiger partial charge in [-0.1, -0.05) is 0 Å². The van der Waals surface area contributed by atoms with Crippen molar-refractivity contribution in [3.05, 3.63) is 17.7 Å². The first kappa shape index (κ1) is 16.4. The number of hydrogen-bond donors (Lipinski definition) is 1. The number of amides is 1. The summed E-state index contributed by atoms with van der Waals surface area (Å²) in [6, 6.07) is 3.28. The van der Waals surface area contributed by atoms with Crippen molar-refractivity contribution in [3.8, 4) is 17.2 Å². The number of benzene rings is 1. The van der Waals surface area contributed by atoms with Crippen LogP contribution in [-0.2, 0) is 4.74 Å². The molecule has 1 fully saturated rings. The molecule has 1 aromatic rings. The smallest absolute Gasteiger partial charge is 0.255 e. The van der Waals surface area contributed by atoms with Crippen LogP contribution in [0.5, 0.6) is 17.2 Å². The summed E-state index contributed by atoms with van der Waals surface area (Å²) < 4.78 is 21.0. The van der Waals surface area contributed by atoms with E-state index in [1.54, 1.807) is 19.2 Å². The summed E-state index contributed by atoms with van der Waals surface area (Å²) >= 11 is 0. The molecule has 0 radical (unpaired) electrons. The van der Waals surface area contributed by atoms with Gasteiger partial charge in [0.05, 0.1) is 26.9 Å². The molecular weight excluding hydrogens is 286 g/mol. The number of rotatable bonds is 7. The molecule has 1 aliphatic rings. The topological polar surface area (TPSA) is 66.0 Å². The Kier molecular flexibility index (Phi) is 5.89. The Balaban J connectivity index is 2.03. The van der Waals surface area contributed by atoms with Crippen molar-refractivity contribution in [2.24, 2.45) is 5.92 Å². The molecule has 0 aliphatic carbocycles. The van der Waals surface area contributed by atoms with Gasteiger partial charge in [-0.2, -0.15) is 0 Å². The molecule has 2 rings (SSSR count). The van der Waals surface area contributed by atoms with E-state index in [4.69, 9.17) is 18.9 Å². The first-order valence-corrected chi connectivity index (χ1v) is 7.35. The zero-order chi connectivity index (χ0) is 15.9. The predicted octanol–water partition coefficient (Wildman–Crippen LogP) is 1.87. The standard InChI is InChI=1S/C16H23NO5/c1-19-13-9-15(21-3)14(20-2)8-12(13)16(18)17-6-4-11-5-7-22-10-11/h8-9,11H,4-7,10H2,1-3H3,(H,17,18)/t11-/m0/s1. The Morgan fingerprint density at radius 2 is 1.86 bits per heavy atom. The molecule has 0 saturated carbocycles. The van der Waals surface area contributed by atoms with Crippen LogP contribution in [0.25, 0.3) is 0 Å². The molecule has 1 amide bonds.